The third-order valence-electron chi connectivity index (χ3n) is 4.24. The van der Waals surface area contributed by atoms with E-state index in [4.69, 9.17) is 0 Å². The van der Waals surface area contributed by atoms with Gasteiger partial charge in [-0.1, -0.05) is 20.3 Å². The Balaban J connectivity index is 2.21. The molecule has 0 spiro atoms. The minimum Gasteiger partial charge on any atom is -0.373 e. The van der Waals surface area contributed by atoms with Crippen molar-refractivity contribution in [1.82, 2.24) is 9.97 Å². The summed E-state index contributed by atoms with van der Waals surface area (Å²) in [6, 6.07) is 0. The van der Waals surface area contributed by atoms with Crippen LogP contribution in [0.15, 0.2) is 6.33 Å². The van der Waals surface area contributed by atoms with Gasteiger partial charge in [0.05, 0.1) is 0 Å². The zero-order valence-electron chi connectivity index (χ0n) is 12.4. The molecule has 106 valence electrons. The fourth-order valence-electron chi connectivity index (χ4n) is 3.00. The van der Waals surface area contributed by atoms with Gasteiger partial charge >= 0.3 is 0 Å². The van der Waals surface area contributed by atoms with Gasteiger partial charge in [-0.3, -0.25) is 0 Å². The van der Waals surface area contributed by atoms with Gasteiger partial charge in [0.1, 0.15) is 18.0 Å². The molecule has 2 rings (SSSR count). The number of rotatable bonds is 4. The van der Waals surface area contributed by atoms with Crippen molar-refractivity contribution < 1.29 is 0 Å². The summed E-state index contributed by atoms with van der Waals surface area (Å²) in [4.78, 5) is 11.3. The minimum atomic E-state index is 0.890. The maximum absolute atomic E-state index is 4.55. The van der Waals surface area contributed by atoms with Crippen molar-refractivity contribution in [2.24, 2.45) is 5.92 Å². The fraction of sp³-hybridized carbons (Fsp3) is 0.733. The predicted octanol–water partition coefficient (Wildman–Crippen LogP) is 3.10. The van der Waals surface area contributed by atoms with E-state index in [1.807, 2.05) is 7.05 Å². The monoisotopic (exact) mass is 262 g/mol. The Morgan fingerprint density at radius 3 is 2.79 bits per heavy atom. The highest BCUT2D eigenvalue weighted by molar-refractivity contribution is 5.58. The number of hydrogen-bond acceptors (Lipinski definition) is 4. The van der Waals surface area contributed by atoms with Gasteiger partial charge in [-0.05, 0) is 31.6 Å². The van der Waals surface area contributed by atoms with Crippen molar-refractivity contribution in [3.8, 4) is 0 Å². The summed E-state index contributed by atoms with van der Waals surface area (Å²) in [5, 5.41) is 3.18. The number of hydrogen-bond donors (Lipinski definition) is 1. The van der Waals surface area contributed by atoms with Crippen molar-refractivity contribution in [3.05, 3.63) is 11.9 Å². The molecular formula is C15H26N4. The fourth-order valence-corrected chi connectivity index (χ4v) is 3.00. The second-order valence-electron chi connectivity index (χ2n) is 5.32. The lowest BCUT2D eigenvalue weighted by Gasteiger charge is -2.24. The molecule has 2 heterocycles. The highest BCUT2D eigenvalue weighted by Crippen LogP contribution is 2.28. The first kappa shape index (κ1) is 14.1. The highest BCUT2D eigenvalue weighted by atomic mass is 15.2. The van der Waals surface area contributed by atoms with Crippen LogP contribution in [0.1, 0.15) is 45.1 Å². The van der Waals surface area contributed by atoms with Crippen molar-refractivity contribution in [2.45, 2.75) is 46.0 Å². The molecule has 1 atom stereocenters. The van der Waals surface area contributed by atoms with Gasteiger partial charge in [0.2, 0.25) is 0 Å². The molecule has 1 aliphatic heterocycles. The quantitative estimate of drug-likeness (QED) is 0.905. The first-order chi connectivity index (χ1) is 9.30. The van der Waals surface area contributed by atoms with Crippen LogP contribution >= 0.6 is 0 Å². The molecule has 19 heavy (non-hydrogen) atoms. The molecule has 1 fully saturated rings. The molecule has 1 aromatic heterocycles. The lowest BCUT2D eigenvalue weighted by Crippen LogP contribution is -2.27. The molecule has 4 nitrogen and oxygen atoms in total. The second-order valence-corrected chi connectivity index (χ2v) is 5.32. The SMILES string of the molecule is CCc1c(NC)ncnc1N1CCCC(CC)CC1. The van der Waals surface area contributed by atoms with Gasteiger partial charge in [0, 0.05) is 25.7 Å². The van der Waals surface area contributed by atoms with E-state index in [-0.39, 0.29) is 0 Å². The van der Waals surface area contributed by atoms with E-state index < -0.39 is 0 Å². The van der Waals surface area contributed by atoms with Gasteiger partial charge in [0.25, 0.3) is 0 Å². The van der Waals surface area contributed by atoms with Crippen LogP contribution in [-0.4, -0.2) is 30.1 Å². The molecule has 0 amide bonds. The maximum atomic E-state index is 4.55. The van der Waals surface area contributed by atoms with Crippen molar-refractivity contribution in [2.75, 3.05) is 30.4 Å². The van der Waals surface area contributed by atoms with Gasteiger partial charge in [0.15, 0.2) is 0 Å². The molecule has 1 aromatic rings. The Kier molecular flexibility index (Phi) is 5.00. The summed E-state index contributed by atoms with van der Waals surface area (Å²) in [6.07, 6.45) is 7.89. The number of nitrogens with zero attached hydrogens (tertiary/aromatic N) is 3. The minimum absolute atomic E-state index is 0.890. The standard InChI is InChI=1S/C15H26N4/c1-4-12-7-6-9-19(10-8-12)15-13(5-2)14(16-3)17-11-18-15/h11-12H,4-10H2,1-3H3,(H,16,17,18). The van der Waals surface area contributed by atoms with Crippen LogP contribution in [0.4, 0.5) is 11.6 Å². The van der Waals surface area contributed by atoms with E-state index in [1.165, 1.54) is 31.2 Å². The first-order valence-corrected chi connectivity index (χ1v) is 7.56. The predicted molar refractivity (Wildman–Crippen MR) is 80.8 cm³/mol. The van der Waals surface area contributed by atoms with Crippen LogP contribution in [0.25, 0.3) is 0 Å². The molecule has 0 aromatic carbocycles. The third kappa shape index (κ3) is 3.17. The maximum Gasteiger partial charge on any atom is 0.137 e. The molecule has 1 aliphatic rings. The van der Waals surface area contributed by atoms with Crippen molar-refractivity contribution >= 4 is 11.6 Å². The number of anilines is 2. The van der Waals surface area contributed by atoms with Gasteiger partial charge in [-0.2, -0.15) is 0 Å². The van der Waals surface area contributed by atoms with Crippen molar-refractivity contribution in [1.29, 1.82) is 0 Å². The summed E-state index contributed by atoms with van der Waals surface area (Å²) >= 11 is 0. The van der Waals surface area contributed by atoms with Crippen LogP contribution in [-0.2, 0) is 6.42 Å². The van der Waals surface area contributed by atoms with Crippen LogP contribution < -0.4 is 10.2 Å². The average molecular weight is 262 g/mol. The second kappa shape index (κ2) is 6.73. The molecule has 1 N–H and O–H groups in total. The normalized spacial score (nSPS) is 20.2. The average Bonchev–Trinajstić information content (AvgIpc) is 2.71. The lowest BCUT2D eigenvalue weighted by molar-refractivity contribution is 0.459. The van der Waals surface area contributed by atoms with E-state index in [0.717, 1.165) is 37.1 Å². The topological polar surface area (TPSA) is 41.1 Å². The van der Waals surface area contributed by atoms with Gasteiger partial charge < -0.3 is 10.2 Å². The first-order valence-electron chi connectivity index (χ1n) is 7.56. The molecule has 0 aliphatic carbocycles. The Morgan fingerprint density at radius 1 is 1.26 bits per heavy atom. The molecule has 0 bridgehead atoms. The summed E-state index contributed by atoms with van der Waals surface area (Å²) in [5.74, 6) is 3.00. The Morgan fingerprint density at radius 2 is 2.11 bits per heavy atom. The molecule has 4 heteroatoms. The molecule has 0 radical (unpaired) electrons. The van der Waals surface area contributed by atoms with Crippen molar-refractivity contribution in [3.63, 3.8) is 0 Å². The summed E-state index contributed by atoms with van der Waals surface area (Å²) < 4.78 is 0. The van der Waals surface area contributed by atoms with Crippen LogP contribution in [0.2, 0.25) is 0 Å². The molecule has 1 unspecified atom stereocenters. The zero-order valence-corrected chi connectivity index (χ0v) is 12.4. The smallest absolute Gasteiger partial charge is 0.137 e. The van der Waals surface area contributed by atoms with Gasteiger partial charge in [-0.15, -0.1) is 0 Å². The van der Waals surface area contributed by atoms with E-state index in [1.54, 1.807) is 6.33 Å². The lowest BCUT2D eigenvalue weighted by atomic mass is 9.98. The van der Waals surface area contributed by atoms with E-state index in [0.29, 0.717) is 0 Å². The molecule has 1 saturated heterocycles. The van der Waals surface area contributed by atoms with Gasteiger partial charge in [-0.25, -0.2) is 9.97 Å². The largest absolute Gasteiger partial charge is 0.373 e. The Labute approximate surface area is 116 Å². The Bertz CT molecular complexity index is 405. The number of nitrogens with one attached hydrogen (secondary N) is 1. The summed E-state index contributed by atoms with van der Waals surface area (Å²) in [6.45, 7) is 6.74. The van der Waals surface area contributed by atoms with E-state index in [2.05, 4.69) is 34.0 Å². The Hall–Kier alpha value is -1.32. The molecular weight excluding hydrogens is 236 g/mol. The van der Waals surface area contributed by atoms with E-state index >= 15 is 0 Å². The summed E-state index contributed by atoms with van der Waals surface area (Å²) in [7, 11) is 1.93. The zero-order chi connectivity index (χ0) is 13.7. The molecule has 0 saturated carbocycles. The van der Waals surface area contributed by atoms with Crippen LogP contribution in [0, 0.1) is 5.92 Å². The van der Waals surface area contributed by atoms with E-state index in [9.17, 15) is 0 Å². The third-order valence-corrected chi connectivity index (χ3v) is 4.24. The summed E-state index contributed by atoms with van der Waals surface area (Å²) in [5.41, 5.74) is 1.25. The van der Waals surface area contributed by atoms with Crippen LogP contribution in [0.5, 0.6) is 0 Å². The van der Waals surface area contributed by atoms with Crippen LogP contribution in [0.3, 0.4) is 0 Å². The number of aromatic nitrogens is 2. The highest BCUT2D eigenvalue weighted by Gasteiger charge is 2.20.